The highest BCUT2D eigenvalue weighted by Crippen LogP contribution is 2.42. The van der Waals surface area contributed by atoms with E-state index in [4.69, 9.17) is 0 Å². The van der Waals surface area contributed by atoms with Crippen molar-refractivity contribution in [2.75, 3.05) is 6.54 Å². The van der Waals surface area contributed by atoms with E-state index in [1.54, 1.807) is 12.1 Å². The lowest BCUT2D eigenvalue weighted by molar-refractivity contribution is 0.103. The largest absolute Gasteiger partial charge is 0.322 e. The Bertz CT molecular complexity index is 560. The maximum absolute atomic E-state index is 13.3. The van der Waals surface area contributed by atoms with E-state index >= 15 is 0 Å². The third-order valence-electron chi connectivity index (χ3n) is 4.81. The van der Waals surface area contributed by atoms with Crippen LogP contribution in [0.1, 0.15) is 44.7 Å². The Morgan fingerprint density at radius 1 is 1.27 bits per heavy atom. The van der Waals surface area contributed by atoms with Gasteiger partial charge in [0.2, 0.25) is 0 Å². The number of hydrogen-bond donors (Lipinski definition) is 1. The third kappa shape index (κ3) is 2.80. The molecule has 3 rings (SSSR count). The van der Waals surface area contributed by atoms with Gasteiger partial charge in [-0.15, -0.1) is 0 Å². The van der Waals surface area contributed by atoms with Gasteiger partial charge in [-0.2, -0.15) is 0 Å². The highest BCUT2D eigenvalue weighted by atomic mass is 19.1. The molecule has 1 aromatic rings. The van der Waals surface area contributed by atoms with Crippen LogP contribution in [0.2, 0.25) is 0 Å². The molecule has 2 unspecified atom stereocenters. The van der Waals surface area contributed by atoms with Crippen LogP contribution in [0.25, 0.3) is 0 Å². The Morgan fingerprint density at radius 2 is 2.00 bits per heavy atom. The van der Waals surface area contributed by atoms with Crippen molar-refractivity contribution in [3.05, 3.63) is 47.4 Å². The molecule has 1 N–H and O–H groups in total. The van der Waals surface area contributed by atoms with Gasteiger partial charge >= 0.3 is 0 Å². The summed E-state index contributed by atoms with van der Waals surface area (Å²) in [5, 5.41) is 2.38. The minimum Gasteiger partial charge on any atom is -0.322 e. The number of aliphatic imine (C=N–C) groups is 1. The van der Waals surface area contributed by atoms with Crippen LogP contribution in [-0.4, -0.2) is 23.8 Å². The summed E-state index contributed by atoms with van der Waals surface area (Å²) in [7, 11) is 0. The summed E-state index contributed by atoms with van der Waals surface area (Å²) in [6, 6.07) is 7.69. The predicted octanol–water partition coefficient (Wildman–Crippen LogP) is 3.85. The Hall–Kier alpha value is -1.68. The van der Waals surface area contributed by atoms with Gasteiger partial charge in [0.1, 0.15) is 5.82 Å². The maximum Gasteiger partial charge on any atom is 0.123 e. The van der Waals surface area contributed by atoms with Crippen molar-refractivity contribution in [3.8, 4) is 0 Å². The smallest absolute Gasteiger partial charge is 0.123 e. The van der Waals surface area contributed by atoms with E-state index in [1.165, 1.54) is 11.3 Å². The average Bonchev–Trinajstić information content (AvgIpc) is 2.73. The number of halogens is 1. The van der Waals surface area contributed by atoms with Crippen LogP contribution in [0, 0.1) is 11.7 Å². The van der Waals surface area contributed by atoms with Gasteiger partial charge in [0.25, 0.3) is 0 Å². The highest BCUT2D eigenvalue weighted by molar-refractivity contribution is 5.72. The van der Waals surface area contributed by atoms with Gasteiger partial charge in [-0.05, 0) is 43.0 Å². The first-order valence-electron chi connectivity index (χ1n) is 8.25. The molecule has 0 spiro atoms. The molecule has 2 aliphatic rings. The van der Waals surface area contributed by atoms with Gasteiger partial charge in [0, 0.05) is 30.4 Å². The van der Waals surface area contributed by atoms with Crippen LogP contribution in [0.3, 0.4) is 0 Å². The molecule has 1 saturated heterocycles. The molecular weight excluding hydrogens is 277 g/mol. The standard InChI is InChI=1S/C18H24FN3/c1-3-15(4-2)22-18(13-5-7-14(19)8-6-13)16-9-11-20-12-10-17(16)21-22/h5-8,10,12,15-16,18,21H,3-4,9,11H2,1-2H3. The van der Waals surface area contributed by atoms with Crippen LogP contribution in [0.4, 0.5) is 4.39 Å². The molecule has 0 saturated carbocycles. The van der Waals surface area contributed by atoms with E-state index < -0.39 is 0 Å². The molecule has 0 aromatic heterocycles. The number of hydrazine groups is 1. The molecule has 2 heterocycles. The minimum absolute atomic E-state index is 0.177. The molecule has 0 bridgehead atoms. The van der Waals surface area contributed by atoms with Crippen LogP contribution in [-0.2, 0) is 0 Å². The van der Waals surface area contributed by atoms with Crippen molar-refractivity contribution in [2.24, 2.45) is 10.9 Å². The lowest BCUT2D eigenvalue weighted by Crippen LogP contribution is -2.41. The molecule has 0 amide bonds. The van der Waals surface area contributed by atoms with Crippen molar-refractivity contribution in [1.82, 2.24) is 10.4 Å². The van der Waals surface area contributed by atoms with Gasteiger partial charge in [-0.1, -0.05) is 26.0 Å². The number of benzene rings is 1. The molecule has 118 valence electrons. The van der Waals surface area contributed by atoms with Gasteiger partial charge in [0.05, 0.1) is 6.04 Å². The fourth-order valence-corrected chi connectivity index (χ4v) is 3.61. The van der Waals surface area contributed by atoms with Crippen LogP contribution in [0.15, 0.2) is 41.0 Å². The van der Waals surface area contributed by atoms with Crippen LogP contribution < -0.4 is 5.43 Å². The Kier molecular flexibility index (Phi) is 4.57. The Morgan fingerprint density at radius 3 is 2.68 bits per heavy atom. The molecule has 0 radical (unpaired) electrons. The molecule has 2 atom stereocenters. The lowest BCUT2D eigenvalue weighted by Gasteiger charge is -2.33. The fourth-order valence-electron chi connectivity index (χ4n) is 3.61. The van der Waals surface area contributed by atoms with E-state index in [2.05, 4.69) is 35.4 Å². The average molecular weight is 301 g/mol. The molecule has 0 aliphatic carbocycles. The molecule has 3 nitrogen and oxygen atoms in total. The summed E-state index contributed by atoms with van der Waals surface area (Å²) in [5.74, 6) is 0.220. The maximum atomic E-state index is 13.3. The minimum atomic E-state index is -0.177. The van der Waals surface area contributed by atoms with Crippen molar-refractivity contribution >= 4 is 6.21 Å². The van der Waals surface area contributed by atoms with Crippen molar-refractivity contribution in [2.45, 2.75) is 45.2 Å². The second kappa shape index (κ2) is 6.61. The number of rotatable bonds is 4. The molecule has 1 aromatic carbocycles. The summed E-state index contributed by atoms with van der Waals surface area (Å²) < 4.78 is 13.3. The third-order valence-corrected chi connectivity index (χ3v) is 4.81. The van der Waals surface area contributed by atoms with Gasteiger partial charge in [-0.25, -0.2) is 9.40 Å². The van der Waals surface area contributed by atoms with E-state index in [0.717, 1.165) is 25.8 Å². The van der Waals surface area contributed by atoms with Gasteiger partial charge < -0.3 is 5.43 Å². The number of fused-ring (bicyclic) bond motifs is 1. The summed E-state index contributed by atoms with van der Waals surface area (Å²) in [6.45, 7) is 5.30. The van der Waals surface area contributed by atoms with Crippen LogP contribution >= 0.6 is 0 Å². The molecular formula is C18H24FN3. The van der Waals surface area contributed by atoms with Gasteiger partial charge in [0.15, 0.2) is 0 Å². The fraction of sp³-hybridized carbons (Fsp3) is 0.500. The Balaban J connectivity index is 1.98. The highest BCUT2D eigenvalue weighted by Gasteiger charge is 2.41. The number of allylic oxidation sites excluding steroid dienone is 1. The normalized spacial score (nSPS) is 24.8. The molecule has 4 heteroatoms. The molecule has 2 aliphatic heterocycles. The molecule has 22 heavy (non-hydrogen) atoms. The van der Waals surface area contributed by atoms with E-state index in [-0.39, 0.29) is 11.9 Å². The number of nitrogens with zero attached hydrogens (tertiary/aromatic N) is 2. The topological polar surface area (TPSA) is 27.6 Å². The van der Waals surface area contributed by atoms with Crippen molar-refractivity contribution in [3.63, 3.8) is 0 Å². The van der Waals surface area contributed by atoms with Crippen LogP contribution in [0.5, 0.6) is 0 Å². The SMILES string of the molecule is CCC(CC)N1NC2=CC=NCCC2C1c1ccc(F)cc1. The van der Waals surface area contributed by atoms with E-state index in [1.807, 2.05) is 18.3 Å². The van der Waals surface area contributed by atoms with Crippen molar-refractivity contribution in [1.29, 1.82) is 0 Å². The number of hydrogen-bond acceptors (Lipinski definition) is 3. The Labute approximate surface area is 131 Å². The zero-order valence-electron chi connectivity index (χ0n) is 13.3. The first-order chi connectivity index (χ1) is 10.7. The van der Waals surface area contributed by atoms with Gasteiger partial charge in [-0.3, -0.25) is 4.99 Å². The lowest BCUT2D eigenvalue weighted by atomic mass is 9.88. The summed E-state index contributed by atoms with van der Waals surface area (Å²) in [5.41, 5.74) is 6.02. The van der Waals surface area contributed by atoms with Crippen molar-refractivity contribution < 1.29 is 4.39 Å². The first-order valence-corrected chi connectivity index (χ1v) is 8.25. The second-order valence-corrected chi connectivity index (χ2v) is 6.06. The summed E-state index contributed by atoms with van der Waals surface area (Å²) in [4.78, 5) is 4.39. The second-order valence-electron chi connectivity index (χ2n) is 6.06. The number of nitrogens with one attached hydrogen (secondary N) is 1. The summed E-state index contributed by atoms with van der Waals surface area (Å²) >= 11 is 0. The predicted molar refractivity (Wildman–Crippen MR) is 88.0 cm³/mol. The first kappa shape index (κ1) is 15.2. The molecule has 1 fully saturated rings. The quantitative estimate of drug-likeness (QED) is 0.914. The monoisotopic (exact) mass is 301 g/mol. The van der Waals surface area contributed by atoms with E-state index in [0.29, 0.717) is 12.0 Å². The zero-order valence-corrected chi connectivity index (χ0v) is 13.3. The van der Waals surface area contributed by atoms with E-state index in [9.17, 15) is 4.39 Å². The summed E-state index contributed by atoms with van der Waals surface area (Å²) in [6.07, 6.45) is 7.20. The zero-order chi connectivity index (χ0) is 15.5.